The third-order valence-electron chi connectivity index (χ3n) is 4.87. The lowest BCUT2D eigenvalue weighted by Crippen LogP contribution is -2.38. The Morgan fingerprint density at radius 3 is 2.43 bits per heavy atom. The molecule has 0 aliphatic carbocycles. The molecule has 1 aliphatic rings. The van der Waals surface area contributed by atoms with E-state index in [2.05, 4.69) is 18.9 Å². The highest BCUT2D eigenvalue weighted by Crippen LogP contribution is 2.26. The van der Waals surface area contributed by atoms with E-state index in [9.17, 15) is 4.79 Å². The van der Waals surface area contributed by atoms with Crippen molar-refractivity contribution in [2.75, 3.05) is 13.1 Å². The van der Waals surface area contributed by atoms with Gasteiger partial charge in [-0.15, -0.1) is 24.8 Å². The summed E-state index contributed by atoms with van der Waals surface area (Å²) in [7, 11) is 1.95. The molecule has 0 saturated carbocycles. The standard InChI is InChI=1S/C16H28N4O.2ClH/c1-10(6-15-12(3)18-19(5)13(15)4)16(21)20-9-14(8-17)7-11(20)2;;/h10-11,14H,6-9,17H2,1-5H3;2*1H. The Morgan fingerprint density at radius 1 is 1.39 bits per heavy atom. The number of carbonyl (C=O) groups excluding carboxylic acids is 1. The zero-order valence-corrected chi connectivity index (χ0v) is 16.3. The number of nitrogens with two attached hydrogens (primary N) is 1. The summed E-state index contributed by atoms with van der Waals surface area (Å²) in [5.74, 6) is 0.699. The summed E-state index contributed by atoms with van der Waals surface area (Å²) in [6.45, 7) is 9.71. The van der Waals surface area contributed by atoms with Crippen LogP contribution in [0, 0.1) is 25.7 Å². The topological polar surface area (TPSA) is 64.2 Å². The van der Waals surface area contributed by atoms with Crippen LogP contribution in [0.3, 0.4) is 0 Å². The summed E-state index contributed by atoms with van der Waals surface area (Å²) in [6, 6.07) is 0.310. The molecule has 5 nitrogen and oxygen atoms in total. The average molecular weight is 365 g/mol. The predicted octanol–water partition coefficient (Wildman–Crippen LogP) is 2.25. The quantitative estimate of drug-likeness (QED) is 0.890. The highest BCUT2D eigenvalue weighted by molar-refractivity contribution is 5.85. The summed E-state index contributed by atoms with van der Waals surface area (Å²) in [6.07, 6.45) is 1.79. The second-order valence-corrected chi connectivity index (χ2v) is 6.56. The van der Waals surface area contributed by atoms with Crippen LogP contribution in [-0.2, 0) is 18.3 Å². The summed E-state index contributed by atoms with van der Waals surface area (Å²) in [4.78, 5) is 14.7. The van der Waals surface area contributed by atoms with Gasteiger partial charge in [-0.05, 0) is 51.6 Å². The minimum atomic E-state index is -0.00873. The van der Waals surface area contributed by atoms with E-state index < -0.39 is 0 Å². The van der Waals surface area contributed by atoms with Crippen molar-refractivity contribution < 1.29 is 4.79 Å². The van der Waals surface area contributed by atoms with Crippen LogP contribution in [0.15, 0.2) is 0 Å². The minimum Gasteiger partial charge on any atom is -0.339 e. The second-order valence-electron chi connectivity index (χ2n) is 6.56. The number of nitrogens with zero attached hydrogens (tertiary/aromatic N) is 3. The van der Waals surface area contributed by atoms with Crippen LogP contribution in [0.1, 0.15) is 37.2 Å². The monoisotopic (exact) mass is 364 g/mol. The molecule has 1 aromatic rings. The highest BCUT2D eigenvalue weighted by Gasteiger charge is 2.34. The summed E-state index contributed by atoms with van der Waals surface area (Å²) in [5.41, 5.74) is 9.15. The molecule has 3 atom stereocenters. The molecular weight excluding hydrogens is 335 g/mol. The molecule has 23 heavy (non-hydrogen) atoms. The van der Waals surface area contributed by atoms with Gasteiger partial charge in [0.15, 0.2) is 0 Å². The summed E-state index contributed by atoms with van der Waals surface area (Å²) >= 11 is 0. The van der Waals surface area contributed by atoms with Gasteiger partial charge in [-0.1, -0.05) is 6.92 Å². The van der Waals surface area contributed by atoms with Gasteiger partial charge in [-0.3, -0.25) is 9.48 Å². The number of halogens is 2. The molecular formula is C16H30Cl2N4O. The lowest BCUT2D eigenvalue weighted by Gasteiger charge is -2.25. The Hall–Kier alpha value is -0.780. The van der Waals surface area contributed by atoms with Gasteiger partial charge in [0, 0.05) is 31.2 Å². The molecule has 0 bridgehead atoms. The molecule has 1 aliphatic heterocycles. The van der Waals surface area contributed by atoms with Crippen molar-refractivity contribution in [3.63, 3.8) is 0 Å². The highest BCUT2D eigenvalue weighted by atomic mass is 35.5. The maximum atomic E-state index is 12.7. The maximum absolute atomic E-state index is 12.7. The van der Waals surface area contributed by atoms with E-state index in [1.165, 1.54) is 5.56 Å². The van der Waals surface area contributed by atoms with Crippen molar-refractivity contribution in [2.45, 2.75) is 46.6 Å². The van der Waals surface area contributed by atoms with Gasteiger partial charge in [-0.25, -0.2) is 0 Å². The predicted molar refractivity (Wildman–Crippen MR) is 98.4 cm³/mol. The van der Waals surface area contributed by atoms with Gasteiger partial charge < -0.3 is 10.6 Å². The number of hydrogen-bond acceptors (Lipinski definition) is 3. The fraction of sp³-hybridized carbons (Fsp3) is 0.750. The lowest BCUT2D eigenvalue weighted by molar-refractivity contribution is -0.135. The number of rotatable bonds is 4. The molecule has 1 fully saturated rings. The lowest BCUT2D eigenvalue weighted by atomic mass is 9.98. The van der Waals surface area contributed by atoms with Crippen LogP contribution in [0.4, 0.5) is 0 Å². The second kappa shape index (κ2) is 8.90. The first-order valence-corrected chi connectivity index (χ1v) is 7.84. The van der Waals surface area contributed by atoms with E-state index in [-0.39, 0.29) is 36.6 Å². The van der Waals surface area contributed by atoms with E-state index in [1.807, 2.05) is 30.5 Å². The van der Waals surface area contributed by atoms with E-state index in [4.69, 9.17) is 5.73 Å². The Morgan fingerprint density at radius 2 is 2.00 bits per heavy atom. The van der Waals surface area contributed by atoms with Gasteiger partial charge in [-0.2, -0.15) is 5.10 Å². The number of aryl methyl sites for hydroxylation is 2. The van der Waals surface area contributed by atoms with Crippen molar-refractivity contribution in [1.29, 1.82) is 0 Å². The molecule has 2 rings (SSSR count). The van der Waals surface area contributed by atoms with Crippen LogP contribution >= 0.6 is 24.8 Å². The Kier molecular flexibility index (Phi) is 8.60. The van der Waals surface area contributed by atoms with E-state index in [0.29, 0.717) is 18.5 Å². The SMILES string of the molecule is Cc1nn(C)c(C)c1CC(C)C(=O)N1CC(CN)CC1C.Cl.Cl. The molecule has 0 radical (unpaired) electrons. The molecule has 1 aromatic heterocycles. The van der Waals surface area contributed by atoms with Crippen LogP contribution in [-0.4, -0.2) is 39.7 Å². The van der Waals surface area contributed by atoms with Crippen LogP contribution < -0.4 is 5.73 Å². The van der Waals surface area contributed by atoms with E-state index >= 15 is 0 Å². The fourth-order valence-electron chi connectivity index (χ4n) is 3.41. The van der Waals surface area contributed by atoms with Gasteiger partial charge in [0.05, 0.1) is 5.69 Å². The molecule has 0 spiro atoms. The third kappa shape index (κ3) is 4.61. The van der Waals surface area contributed by atoms with Gasteiger partial charge in [0.1, 0.15) is 0 Å². The molecule has 3 unspecified atom stereocenters. The number of hydrogen-bond donors (Lipinski definition) is 1. The third-order valence-corrected chi connectivity index (χ3v) is 4.87. The molecule has 1 amide bonds. The number of carbonyl (C=O) groups is 1. The van der Waals surface area contributed by atoms with E-state index in [0.717, 1.165) is 30.8 Å². The maximum Gasteiger partial charge on any atom is 0.225 e. The summed E-state index contributed by atoms with van der Waals surface area (Å²) in [5, 5.41) is 4.44. The Balaban J connectivity index is 0.00000242. The first kappa shape index (κ1) is 22.2. The number of aromatic nitrogens is 2. The smallest absolute Gasteiger partial charge is 0.225 e. The molecule has 134 valence electrons. The van der Waals surface area contributed by atoms with Crippen LogP contribution in [0.25, 0.3) is 0 Å². The van der Waals surface area contributed by atoms with Crippen molar-refractivity contribution in [2.24, 2.45) is 24.6 Å². The number of likely N-dealkylation sites (tertiary alicyclic amines) is 1. The van der Waals surface area contributed by atoms with Crippen molar-refractivity contribution in [3.05, 3.63) is 17.0 Å². The average Bonchev–Trinajstić information content (AvgIpc) is 2.93. The van der Waals surface area contributed by atoms with Gasteiger partial charge >= 0.3 is 0 Å². The van der Waals surface area contributed by atoms with Gasteiger partial charge in [0.2, 0.25) is 5.91 Å². The van der Waals surface area contributed by atoms with Crippen molar-refractivity contribution in [1.82, 2.24) is 14.7 Å². The normalized spacial score (nSPS) is 21.6. The molecule has 2 N–H and O–H groups in total. The molecule has 0 aromatic carbocycles. The molecule has 2 heterocycles. The first-order chi connectivity index (χ1) is 9.85. The van der Waals surface area contributed by atoms with Crippen LogP contribution in [0.2, 0.25) is 0 Å². The zero-order chi connectivity index (χ0) is 15.7. The zero-order valence-electron chi connectivity index (χ0n) is 14.7. The first-order valence-electron chi connectivity index (χ1n) is 7.84. The fourth-order valence-corrected chi connectivity index (χ4v) is 3.41. The Bertz CT molecular complexity index is 532. The Labute approximate surface area is 151 Å². The van der Waals surface area contributed by atoms with Crippen molar-refractivity contribution in [3.8, 4) is 0 Å². The summed E-state index contributed by atoms with van der Waals surface area (Å²) < 4.78 is 1.89. The van der Waals surface area contributed by atoms with E-state index in [1.54, 1.807) is 0 Å². The minimum absolute atomic E-state index is 0. The van der Waals surface area contributed by atoms with Crippen molar-refractivity contribution >= 4 is 30.7 Å². The molecule has 1 saturated heterocycles. The van der Waals surface area contributed by atoms with Crippen LogP contribution in [0.5, 0.6) is 0 Å². The van der Waals surface area contributed by atoms with Gasteiger partial charge in [0.25, 0.3) is 0 Å². The molecule has 7 heteroatoms. The number of amides is 1. The largest absolute Gasteiger partial charge is 0.339 e.